The molecule has 7 heteroatoms. The summed E-state index contributed by atoms with van der Waals surface area (Å²) in [5.41, 5.74) is 0.523. The largest absolute Gasteiger partial charge is 0.495 e. The van der Waals surface area contributed by atoms with Crippen molar-refractivity contribution in [2.45, 2.75) is 36.7 Å². The van der Waals surface area contributed by atoms with E-state index in [4.69, 9.17) is 20.2 Å². The lowest BCUT2D eigenvalue weighted by Gasteiger charge is -2.25. The van der Waals surface area contributed by atoms with Gasteiger partial charge in [-0.3, -0.25) is 4.79 Å². The molecule has 0 unspecified atom stereocenters. The van der Waals surface area contributed by atoms with Crippen LogP contribution in [0.1, 0.15) is 24.8 Å². The second-order valence-corrected chi connectivity index (χ2v) is 7.18. The van der Waals surface area contributed by atoms with Gasteiger partial charge in [-0.25, -0.2) is 8.42 Å². The third-order valence-electron chi connectivity index (χ3n) is 3.19. The molecule has 0 radical (unpaired) electrons. The van der Waals surface area contributed by atoms with Gasteiger partial charge >= 0.3 is 5.97 Å². The second kappa shape index (κ2) is 6.01. The lowest BCUT2D eigenvalue weighted by atomic mass is 9.96. The first-order chi connectivity index (χ1) is 9.40. The molecule has 0 saturated heterocycles. The lowest BCUT2D eigenvalue weighted by Crippen LogP contribution is -2.25. The maximum atomic E-state index is 11.7. The summed E-state index contributed by atoms with van der Waals surface area (Å²) in [6, 6.07) is 4.43. The molecule has 0 N–H and O–H groups in total. The van der Waals surface area contributed by atoms with Crippen LogP contribution in [0, 0.1) is 0 Å². The van der Waals surface area contributed by atoms with Crippen LogP contribution in [-0.2, 0) is 25.0 Å². The molecule has 0 amide bonds. The van der Waals surface area contributed by atoms with Crippen molar-refractivity contribution in [3.05, 3.63) is 23.8 Å². The SMILES string of the molecule is COc1ccc(CC(=O)OC2CCC2)cc1S(=O)(=O)Cl. The smallest absolute Gasteiger partial charge is 0.310 e. The van der Waals surface area contributed by atoms with Crippen LogP contribution < -0.4 is 4.74 Å². The molecule has 1 fully saturated rings. The summed E-state index contributed by atoms with van der Waals surface area (Å²) in [5.74, 6) is -0.214. The average Bonchev–Trinajstić information content (AvgIpc) is 2.33. The highest BCUT2D eigenvalue weighted by Crippen LogP contribution is 2.28. The van der Waals surface area contributed by atoms with E-state index in [1.807, 2.05) is 0 Å². The van der Waals surface area contributed by atoms with Crippen molar-refractivity contribution in [2.24, 2.45) is 0 Å². The van der Waals surface area contributed by atoms with Gasteiger partial charge in [0.05, 0.1) is 13.5 Å². The maximum Gasteiger partial charge on any atom is 0.310 e. The number of hydrogen-bond acceptors (Lipinski definition) is 5. The quantitative estimate of drug-likeness (QED) is 0.615. The van der Waals surface area contributed by atoms with E-state index in [1.54, 1.807) is 6.07 Å². The summed E-state index contributed by atoms with van der Waals surface area (Å²) < 4.78 is 33.1. The van der Waals surface area contributed by atoms with Crippen molar-refractivity contribution in [1.82, 2.24) is 0 Å². The van der Waals surface area contributed by atoms with Crippen molar-refractivity contribution >= 4 is 25.7 Å². The first kappa shape index (κ1) is 15.1. The van der Waals surface area contributed by atoms with Crippen molar-refractivity contribution < 1.29 is 22.7 Å². The number of hydrogen-bond donors (Lipinski definition) is 0. The Hall–Kier alpha value is -1.27. The molecule has 110 valence electrons. The van der Waals surface area contributed by atoms with Crippen molar-refractivity contribution in [3.8, 4) is 5.75 Å². The van der Waals surface area contributed by atoms with E-state index in [1.165, 1.54) is 19.2 Å². The van der Waals surface area contributed by atoms with Crippen LogP contribution in [0.25, 0.3) is 0 Å². The van der Waals surface area contributed by atoms with E-state index in [9.17, 15) is 13.2 Å². The standard InChI is InChI=1S/C13H15ClO5S/c1-18-11-6-5-9(7-12(11)20(14,16)17)8-13(15)19-10-3-2-4-10/h5-7,10H,2-4,8H2,1H3. The van der Waals surface area contributed by atoms with Gasteiger partial charge in [0, 0.05) is 10.7 Å². The van der Waals surface area contributed by atoms with Crippen molar-refractivity contribution in [3.63, 3.8) is 0 Å². The van der Waals surface area contributed by atoms with Gasteiger partial charge in [-0.1, -0.05) is 6.07 Å². The van der Waals surface area contributed by atoms with E-state index >= 15 is 0 Å². The van der Waals surface area contributed by atoms with Crippen LogP contribution in [-0.4, -0.2) is 27.6 Å². The Labute approximate surface area is 122 Å². The minimum atomic E-state index is -3.93. The summed E-state index contributed by atoms with van der Waals surface area (Å²) in [4.78, 5) is 11.6. The molecule has 1 aromatic rings. The molecule has 20 heavy (non-hydrogen) atoms. The highest BCUT2D eigenvalue weighted by atomic mass is 35.7. The molecule has 2 rings (SSSR count). The molecule has 0 atom stereocenters. The van der Waals surface area contributed by atoms with E-state index in [0.717, 1.165) is 19.3 Å². The lowest BCUT2D eigenvalue weighted by molar-refractivity contribution is -0.152. The Bertz CT molecular complexity index is 607. The first-order valence-electron chi connectivity index (χ1n) is 6.21. The van der Waals surface area contributed by atoms with Gasteiger partial charge in [0.25, 0.3) is 9.05 Å². The van der Waals surface area contributed by atoms with Crippen LogP contribution in [0.4, 0.5) is 0 Å². The predicted molar refractivity (Wildman–Crippen MR) is 73.5 cm³/mol. The second-order valence-electron chi connectivity index (χ2n) is 4.64. The number of benzene rings is 1. The molecule has 1 aliphatic rings. The van der Waals surface area contributed by atoms with Crippen LogP contribution in [0.2, 0.25) is 0 Å². The number of carbonyl (C=O) groups is 1. The first-order valence-corrected chi connectivity index (χ1v) is 8.52. The summed E-state index contributed by atoms with van der Waals surface area (Å²) in [5, 5.41) is 0. The van der Waals surface area contributed by atoms with Crippen LogP contribution >= 0.6 is 10.7 Å². The van der Waals surface area contributed by atoms with Gasteiger partial charge in [-0.2, -0.15) is 0 Å². The zero-order valence-electron chi connectivity index (χ0n) is 11.0. The fourth-order valence-electron chi connectivity index (χ4n) is 1.90. The van der Waals surface area contributed by atoms with Gasteiger partial charge < -0.3 is 9.47 Å². The molecule has 0 spiro atoms. The summed E-state index contributed by atoms with van der Waals surface area (Å²) in [6.45, 7) is 0. The van der Waals surface area contributed by atoms with Gasteiger partial charge in [0.1, 0.15) is 16.7 Å². The molecular formula is C13H15ClO5S. The zero-order chi connectivity index (χ0) is 14.8. The van der Waals surface area contributed by atoms with Crippen LogP contribution in [0.5, 0.6) is 5.75 Å². The molecule has 0 aliphatic heterocycles. The average molecular weight is 319 g/mol. The van der Waals surface area contributed by atoms with Gasteiger partial charge in [-0.05, 0) is 37.0 Å². The number of ether oxygens (including phenoxy) is 2. The minimum Gasteiger partial charge on any atom is -0.495 e. The number of rotatable bonds is 5. The maximum absolute atomic E-state index is 11.7. The number of halogens is 1. The third-order valence-corrected chi connectivity index (χ3v) is 4.53. The third kappa shape index (κ3) is 3.64. The molecule has 1 aromatic carbocycles. The van der Waals surface area contributed by atoms with E-state index < -0.39 is 9.05 Å². The number of carbonyl (C=O) groups excluding carboxylic acids is 1. The Morgan fingerprint density at radius 1 is 1.40 bits per heavy atom. The van der Waals surface area contributed by atoms with Crippen molar-refractivity contribution in [2.75, 3.05) is 7.11 Å². The Balaban J connectivity index is 2.14. The summed E-state index contributed by atoms with van der Waals surface area (Å²) in [6.07, 6.45) is 2.90. The normalized spacial score (nSPS) is 15.5. The molecule has 0 heterocycles. The van der Waals surface area contributed by atoms with Crippen LogP contribution in [0.15, 0.2) is 23.1 Å². The van der Waals surface area contributed by atoms with Gasteiger partial charge in [0.2, 0.25) is 0 Å². The predicted octanol–water partition coefficient (Wildman–Crippen LogP) is 2.26. The molecule has 0 aromatic heterocycles. The zero-order valence-corrected chi connectivity index (χ0v) is 12.5. The van der Waals surface area contributed by atoms with E-state index in [2.05, 4.69) is 0 Å². The molecule has 1 aliphatic carbocycles. The van der Waals surface area contributed by atoms with E-state index in [0.29, 0.717) is 5.56 Å². The van der Waals surface area contributed by atoms with Crippen molar-refractivity contribution in [1.29, 1.82) is 0 Å². The Morgan fingerprint density at radius 2 is 2.10 bits per heavy atom. The summed E-state index contributed by atoms with van der Waals surface area (Å²) >= 11 is 0. The molecular weight excluding hydrogens is 304 g/mol. The molecule has 5 nitrogen and oxygen atoms in total. The summed E-state index contributed by atoms with van der Waals surface area (Å²) in [7, 11) is 2.77. The van der Waals surface area contributed by atoms with E-state index in [-0.39, 0.29) is 29.1 Å². The fourth-order valence-corrected chi connectivity index (χ4v) is 2.95. The Morgan fingerprint density at radius 3 is 2.60 bits per heavy atom. The number of methoxy groups -OCH3 is 1. The number of esters is 1. The topological polar surface area (TPSA) is 69.7 Å². The highest BCUT2D eigenvalue weighted by Gasteiger charge is 2.22. The van der Waals surface area contributed by atoms with Gasteiger partial charge in [0.15, 0.2) is 0 Å². The Kier molecular flexibility index (Phi) is 4.55. The highest BCUT2D eigenvalue weighted by molar-refractivity contribution is 8.13. The monoisotopic (exact) mass is 318 g/mol. The fraction of sp³-hybridized carbons (Fsp3) is 0.462. The van der Waals surface area contributed by atoms with Crippen LogP contribution in [0.3, 0.4) is 0 Å². The van der Waals surface area contributed by atoms with Gasteiger partial charge in [-0.15, -0.1) is 0 Å². The molecule has 1 saturated carbocycles. The molecule has 0 bridgehead atoms. The minimum absolute atomic E-state index is 0.0111.